The number of hydrogen-bond acceptors (Lipinski definition) is 3. The first kappa shape index (κ1) is 16.0. The highest BCUT2D eigenvalue weighted by Gasteiger charge is 2.43. The molecule has 2 N–H and O–H groups in total. The van der Waals surface area contributed by atoms with Crippen LogP contribution in [0.4, 0.5) is 0 Å². The third-order valence-corrected chi connectivity index (χ3v) is 4.88. The fourth-order valence-electron chi connectivity index (χ4n) is 3.37. The van der Waals surface area contributed by atoms with Gasteiger partial charge in [0.2, 0.25) is 11.8 Å². The molecule has 0 bridgehead atoms. The van der Waals surface area contributed by atoms with Crippen LogP contribution < -0.4 is 10.6 Å². The Bertz CT molecular complexity index is 555. The smallest absolute Gasteiger partial charge is 0.229 e. The molecule has 2 heterocycles. The first-order chi connectivity index (χ1) is 11.2. The van der Waals surface area contributed by atoms with E-state index in [0.29, 0.717) is 19.5 Å². The largest absolute Gasteiger partial charge is 0.354 e. The number of nitrogens with zero attached hydrogens (tertiary/aromatic N) is 1. The van der Waals surface area contributed by atoms with Gasteiger partial charge in [-0.05, 0) is 24.8 Å². The molecule has 2 fully saturated rings. The lowest BCUT2D eigenvalue weighted by Gasteiger charge is -2.41. The highest BCUT2D eigenvalue weighted by molar-refractivity contribution is 5.84. The van der Waals surface area contributed by atoms with Crippen LogP contribution in [-0.4, -0.2) is 49.4 Å². The van der Waals surface area contributed by atoms with Crippen molar-refractivity contribution in [1.82, 2.24) is 15.5 Å². The first-order valence-corrected chi connectivity index (χ1v) is 8.50. The van der Waals surface area contributed by atoms with Crippen molar-refractivity contribution in [3.05, 3.63) is 35.9 Å². The van der Waals surface area contributed by atoms with E-state index < -0.39 is 0 Å². The molecule has 2 amide bonds. The molecule has 5 heteroatoms. The fraction of sp³-hybridized carbons (Fsp3) is 0.556. The number of rotatable bonds is 6. The molecule has 3 rings (SSSR count). The second-order valence-corrected chi connectivity index (χ2v) is 6.64. The van der Waals surface area contributed by atoms with Crippen LogP contribution in [0, 0.1) is 5.41 Å². The molecule has 0 unspecified atom stereocenters. The number of carbonyl (C=O) groups excluding carboxylic acids is 2. The summed E-state index contributed by atoms with van der Waals surface area (Å²) in [5.74, 6) is 0.319. The Morgan fingerprint density at radius 2 is 2.00 bits per heavy atom. The van der Waals surface area contributed by atoms with Gasteiger partial charge in [0.1, 0.15) is 0 Å². The number of nitrogens with one attached hydrogen (secondary N) is 2. The monoisotopic (exact) mass is 315 g/mol. The highest BCUT2D eigenvalue weighted by atomic mass is 16.2. The minimum atomic E-state index is -0.340. The minimum Gasteiger partial charge on any atom is -0.354 e. The summed E-state index contributed by atoms with van der Waals surface area (Å²) >= 11 is 0. The summed E-state index contributed by atoms with van der Waals surface area (Å²) < 4.78 is 0. The van der Waals surface area contributed by atoms with Crippen molar-refractivity contribution in [3.8, 4) is 0 Å². The summed E-state index contributed by atoms with van der Waals surface area (Å²) in [5, 5.41) is 6.27. The molecular weight excluding hydrogens is 290 g/mol. The van der Waals surface area contributed by atoms with E-state index in [-0.39, 0.29) is 17.2 Å². The Morgan fingerprint density at radius 3 is 2.65 bits per heavy atom. The van der Waals surface area contributed by atoms with E-state index >= 15 is 0 Å². The summed E-state index contributed by atoms with van der Waals surface area (Å²) in [6, 6.07) is 10.1. The fourth-order valence-corrected chi connectivity index (χ4v) is 3.37. The topological polar surface area (TPSA) is 61.4 Å². The Balaban J connectivity index is 1.51. The zero-order valence-electron chi connectivity index (χ0n) is 13.5. The third-order valence-electron chi connectivity index (χ3n) is 4.88. The maximum Gasteiger partial charge on any atom is 0.229 e. The predicted octanol–water partition coefficient (Wildman–Crippen LogP) is 0.947. The van der Waals surface area contributed by atoms with Crippen LogP contribution >= 0.6 is 0 Å². The highest BCUT2D eigenvalue weighted by Crippen LogP contribution is 2.28. The first-order valence-electron chi connectivity index (χ1n) is 8.50. The van der Waals surface area contributed by atoms with Crippen molar-refractivity contribution >= 4 is 11.8 Å². The van der Waals surface area contributed by atoms with E-state index in [1.165, 1.54) is 5.56 Å². The Hall–Kier alpha value is -1.88. The van der Waals surface area contributed by atoms with Gasteiger partial charge in [0.25, 0.3) is 0 Å². The normalized spacial score (nSPS) is 20.0. The van der Waals surface area contributed by atoms with Crippen molar-refractivity contribution in [2.75, 3.05) is 32.7 Å². The van der Waals surface area contributed by atoms with E-state index in [0.717, 1.165) is 38.9 Å². The molecule has 2 aliphatic rings. The summed E-state index contributed by atoms with van der Waals surface area (Å²) in [6.45, 7) is 3.43. The van der Waals surface area contributed by atoms with Gasteiger partial charge in [-0.3, -0.25) is 9.59 Å². The van der Waals surface area contributed by atoms with Gasteiger partial charge >= 0.3 is 0 Å². The summed E-state index contributed by atoms with van der Waals surface area (Å²) in [6.07, 6.45) is 3.47. The molecule has 0 aromatic heterocycles. The van der Waals surface area contributed by atoms with Gasteiger partial charge in [0.05, 0.1) is 5.41 Å². The molecule has 2 aliphatic heterocycles. The lowest BCUT2D eigenvalue weighted by Crippen LogP contribution is -2.63. The number of likely N-dealkylation sites (tertiary alicyclic amines) is 1. The van der Waals surface area contributed by atoms with Crippen molar-refractivity contribution in [3.63, 3.8) is 0 Å². The molecule has 2 saturated heterocycles. The van der Waals surface area contributed by atoms with E-state index in [1.807, 2.05) is 23.1 Å². The van der Waals surface area contributed by atoms with Gasteiger partial charge < -0.3 is 15.5 Å². The Kier molecular flexibility index (Phi) is 4.96. The molecule has 1 aromatic carbocycles. The van der Waals surface area contributed by atoms with Crippen LogP contribution in [0.5, 0.6) is 0 Å². The van der Waals surface area contributed by atoms with Gasteiger partial charge in [-0.25, -0.2) is 0 Å². The van der Waals surface area contributed by atoms with E-state index in [1.54, 1.807) is 0 Å². The average molecular weight is 315 g/mol. The second kappa shape index (κ2) is 7.13. The molecule has 0 aliphatic carbocycles. The van der Waals surface area contributed by atoms with E-state index in [2.05, 4.69) is 22.8 Å². The number of amides is 2. The second-order valence-electron chi connectivity index (χ2n) is 6.64. The Morgan fingerprint density at radius 1 is 1.22 bits per heavy atom. The lowest BCUT2D eigenvalue weighted by molar-refractivity contribution is -0.136. The van der Waals surface area contributed by atoms with Crippen LogP contribution in [-0.2, 0) is 16.0 Å². The molecule has 0 atom stereocenters. The van der Waals surface area contributed by atoms with Crippen molar-refractivity contribution in [2.24, 2.45) is 5.41 Å². The summed E-state index contributed by atoms with van der Waals surface area (Å²) in [5.41, 5.74) is 0.850. The maximum absolute atomic E-state index is 12.6. The van der Waals surface area contributed by atoms with Gasteiger partial charge in [0.15, 0.2) is 0 Å². The van der Waals surface area contributed by atoms with Crippen molar-refractivity contribution < 1.29 is 9.59 Å². The lowest BCUT2D eigenvalue weighted by atomic mass is 9.75. The SMILES string of the molecule is O=C1CCCCN1CCNC(=O)C1(Cc2ccccc2)CNC1. The van der Waals surface area contributed by atoms with Crippen molar-refractivity contribution in [2.45, 2.75) is 25.7 Å². The van der Waals surface area contributed by atoms with Gasteiger partial charge in [0, 0.05) is 39.1 Å². The van der Waals surface area contributed by atoms with Gasteiger partial charge in [-0.1, -0.05) is 30.3 Å². The van der Waals surface area contributed by atoms with E-state index in [9.17, 15) is 9.59 Å². The van der Waals surface area contributed by atoms with Crippen LogP contribution in [0.15, 0.2) is 30.3 Å². The zero-order valence-corrected chi connectivity index (χ0v) is 13.5. The van der Waals surface area contributed by atoms with Crippen LogP contribution in [0.3, 0.4) is 0 Å². The minimum absolute atomic E-state index is 0.101. The molecule has 5 nitrogen and oxygen atoms in total. The number of piperidine rings is 1. The molecule has 124 valence electrons. The molecule has 23 heavy (non-hydrogen) atoms. The molecule has 0 spiro atoms. The van der Waals surface area contributed by atoms with Crippen molar-refractivity contribution in [1.29, 1.82) is 0 Å². The zero-order chi connectivity index (χ0) is 16.1. The molecule has 0 saturated carbocycles. The average Bonchev–Trinajstić information content (AvgIpc) is 2.53. The van der Waals surface area contributed by atoms with Crippen LogP contribution in [0.2, 0.25) is 0 Å². The standard InChI is InChI=1S/C18H25N3O2/c22-16-8-4-5-10-21(16)11-9-20-17(23)18(13-19-14-18)12-15-6-2-1-3-7-15/h1-3,6-7,19H,4-5,8-14H2,(H,20,23). The van der Waals surface area contributed by atoms with E-state index in [4.69, 9.17) is 0 Å². The van der Waals surface area contributed by atoms with Gasteiger partial charge in [-0.2, -0.15) is 0 Å². The number of carbonyl (C=O) groups is 2. The molecule has 0 radical (unpaired) electrons. The van der Waals surface area contributed by atoms with Crippen LogP contribution in [0.25, 0.3) is 0 Å². The number of hydrogen-bond donors (Lipinski definition) is 2. The summed E-state index contributed by atoms with van der Waals surface area (Å²) in [4.78, 5) is 26.3. The molecule has 1 aromatic rings. The summed E-state index contributed by atoms with van der Waals surface area (Å²) in [7, 11) is 0. The maximum atomic E-state index is 12.6. The van der Waals surface area contributed by atoms with Gasteiger partial charge in [-0.15, -0.1) is 0 Å². The predicted molar refractivity (Wildman–Crippen MR) is 88.9 cm³/mol. The third kappa shape index (κ3) is 3.72. The quantitative estimate of drug-likeness (QED) is 0.821. The number of benzene rings is 1. The van der Waals surface area contributed by atoms with Crippen LogP contribution in [0.1, 0.15) is 24.8 Å². The Labute approximate surface area is 137 Å². The molecular formula is C18H25N3O2.